The lowest BCUT2D eigenvalue weighted by atomic mass is 10.1. The van der Waals surface area contributed by atoms with Crippen molar-refractivity contribution in [2.75, 3.05) is 13.2 Å². The summed E-state index contributed by atoms with van der Waals surface area (Å²) in [6, 6.07) is 0. The summed E-state index contributed by atoms with van der Waals surface area (Å²) in [5, 5.41) is 0. The second kappa shape index (κ2) is 54.7. The normalized spacial score (nSPS) is 12.9. The Balaban J connectivity index is 4.55. The van der Waals surface area contributed by atoms with Crippen LogP contribution in [0.5, 0.6) is 0 Å². The summed E-state index contributed by atoms with van der Waals surface area (Å²) < 4.78 is 16.8. The Hall–Kier alpha value is -3.93. The molecule has 0 aromatic heterocycles. The van der Waals surface area contributed by atoms with Gasteiger partial charge >= 0.3 is 17.9 Å². The highest BCUT2D eigenvalue weighted by Crippen LogP contribution is 2.12. The molecule has 0 bridgehead atoms. The summed E-state index contributed by atoms with van der Waals surface area (Å²) in [5.74, 6) is -0.997. The first-order valence-corrected chi connectivity index (χ1v) is 27.4. The summed E-state index contributed by atoms with van der Waals surface area (Å²) >= 11 is 0. The van der Waals surface area contributed by atoms with E-state index in [9.17, 15) is 14.4 Å². The maximum absolute atomic E-state index is 12.8. The average Bonchev–Trinajstić information content (AvgIpc) is 3.33. The van der Waals surface area contributed by atoms with Gasteiger partial charge in [-0.2, -0.15) is 0 Å². The molecule has 0 aliphatic rings. The highest BCUT2D eigenvalue weighted by Gasteiger charge is 2.19. The third kappa shape index (κ3) is 52.9. The molecule has 0 aromatic carbocycles. The molecular weight excluding hydrogens is 829 g/mol. The Morgan fingerprint density at radius 1 is 0.299 bits per heavy atom. The average molecular weight is 929 g/mol. The van der Waals surface area contributed by atoms with E-state index in [1.807, 2.05) is 0 Å². The summed E-state index contributed by atoms with van der Waals surface area (Å²) in [5.41, 5.74) is 0. The van der Waals surface area contributed by atoms with Crippen LogP contribution in [0.2, 0.25) is 0 Å². The van der Waals surface area contributed by atoms with Crippen LogP contribution in [-0.2, 0) is 28.6 Å². The zero-order chi connectivity index (χ0) is 48.6. The van der Waals surface area contributed by atoms with E-state index < -0.39 is 6.10 Å². The first-order valence-electron chi connectivity index (χ1n) is 27.4. The minimum atomic E-state index is -0.817. The predicted molar refractivity (Wildman–Crippen MR) is 288 cm³/mol. The van der Waals surface area contributed by atoms with Crippen LogP contribution in [0.25, 0.3) is 0 Å². The maximum Gasteiger partial charge on any atom is 0.306 e. The molecule has 0 aromatic rings. The monoisotopic (exact) mass is 929 g/mol. The van der Waals surface area contributed by atoms with Gasteiger partial charge in [-0.3, -0.25) is 14.4 Å². The Morgan fingerprint density at radius 3 is 0.851 bits per heavy atom. The largest absolute Gasteiger partial charge is 0.462 e. The zero-order valence-corrected chi connectivity index (χ0v) is 43.4. The van der Waals surface area contributed by atoms with Crippen molar-refractivity contribution in [3.8, 4) is 0 Å². The fraction of sp³-hybridized carbons (Fsp3) is 0.656. The van der Waals surface area contributed by atoms with Gasteiger partial charge in [0, 0.05) is 19.3 Å². The number of esters is 3. The Kier molecular flexibility index (Phi) is 51.5. The van der Waals surface area contributed by atoms with Crippen LogP contribution in [0.4, 0.5) is 0 Å². The van der Waals surface area contributed by atoms with E-state index in [2.05, 4.69) is 130 Å². The maximum atomic E-state index is 12.8. The number of ether oxygens (including phenoxy) is 3. The predicted octanol–water partition coefficient (Wildman–Crippen LogP) is 18.3. The minimum absolute atomic E-state index is 0.113. The molecule has 0 heterocycles. The van der Waals surface area contributed by atoms with Crippen LogP contribution in [-0.4, -0.2) is 37.2 Å². The number of allylic oxidation sites excluding steroid dienone is 18. The number of hydrogen-bond acceptors (Lipinski definition) is 6. The van der Waals surface area contributed by atoms with E-state index in [-0.39, 0.29) is 37.5 Å². The van der Waals surface area contributed by atoms with Gasteiger partial charge in [-0.25, -0.2) is 0 Å². The molecule has 0 spiro atoms. The number of hydrogen-bond donors (Lipinski definition) is 0. The first kappa shape index (κ1) is 63.1. The summed E-state index contributed by atoms with van der Waals surface area (Å²) in [4.78, 5) is 38.1. The van der Waals surface area contributed by atoms with Crippen molar-refractivity contribution >= 4 is 17.9 Å². The van der Waals surface area contributed by atoms with E-state index in [1.54, 1.807) is 0 Å². The highest BCUT2D eigenvalue weighted by atomic mass is 16.6. The molecule has 67 heavy (non-hydrogen) atoms. The van der Waals surface area contributed by atoms with Crippen LogP contribution in [0.1, 0.15) is 239 Å². The Bertz CT molecular complexity index is 1390. The number of carbonyl (C=O) groups is 3. The summed E-state index contributed by atoms with van der Waals surface area (Å²) in [6.07, 6.45) is 73.5. The molecule has 0 aliphatic carbocycles. The van der Waals surface area contributed by atoms with E-state index in [0.29, 0.717) is 12.8 Å². The molecular formula is C61H100O6. The SMILES string of the molecule is CCCCC/C=C\C/C=C\C/C=C\CCCCCCC(=O)OC[C@@H](COC(=O)CCCC/C=C\C/C=C\C/C=C\CCCCC)OC(=O)CCCCCC/C=C\C/C=C\C/C=C\CCCCC. The third-order valence-electron chi connectivity index (χ3n) is 11.2. The van der Waals surface area contributed by atoms with Gasteiger partial charge in [0.1, 0.15) is 13.2 Å². The van der Waals surface area contributed by atoms with Gasteiger partial charge in [0.2, 0.25) is 0 Å². The fourth-order valence-electron chi connectivity index (χ4n) is 7.05. The van der Waals surface area contributed by atoms with E-state index >= 15 is 0 Å². The van der Waals surface area contributed by atoms with Gasteiger partial charge in [0.25, 0.3) is 0 Å². The third-order valence-corrected chi connectivity index (χ3v) is 11.2. The van der Waals surface area contributed by atoms with Gasteiger partial charge in [-0.15, -0.1) is 0 Å². The Morgan fingerprint density at radius 2 is 0.537 bits per heavy atom. The summed E-state index contributed by atoms with van der Waals surface area (Å²) in [7, 11) is 0. The minimum Gasteiger partial charge on any atom is -0.462 e. The number of unbranched alkanes of at least 4 members (excludes halogenated alkanes) is 19. The van der Waals surface area contributed by atoms with Gasteiger partial charge in [-0.1, -0.05) is 194 Å². The second-order valence-electron chi connectivity index (χ2n) is 17.8. The topological polar surface area (TPSA) is 78.9 Å². The fourth-order valence-corrected chi connectivity index (χ4v) is 7.05. The van der Waals surface area contributed by atoms with Crippen molar-refractivity contribution in [3.63, 3.8) is 0 Å². The zero-order valence-electron chi connectivity index (χ0n) is 43.4. The van der Waals surface area contributed by atoms with Crippen molar-refractivity contribution in [1.29, 1.82) is 0 Å². The first-order chi connectivity index (χ1) is 33.0. The van der Waals surface area contributed by atoms with Crippen molar-refractivity contribution in [2.45, 2.75) is 245 Å². The van der Waals surface area contributed by atoms with Crippen molar-refractivity contribution in [1.82, 2.24) is 0 Å². The Labute approximate surface area is 412 Å². The lowest BCUT2D eigenvalue weighted by molar-refractivity contribution is -0.167. The standard InChI is InChI=1S/C61H100O6/c1-4-7-10-13-16-19-22-25-28-30-33-36-39-42-45-48-51-54-60(63)66-57-58(56-65-59(62)53-50-47-44-41-38-35-32-27-24-21-18-15-12-9-6-3)67-61(64)55-52-49-46-43-40-37-34-31-29-26-23-20-17-14-11-8-5-2/h16-21,25-29,32-34,36-38,41,58H,4-15,22-24,30-31,35,39-40,42-57H2,1-3H3/b19-16-,20-17-,21-18-,28-25-,29-26-,32-27-,36-33-,37-34-,41-38-/t58-/m1/s1. The van der Waals surface area contributed by atoms with Gasteiger partial charge in [-0.05, 0) is 135 Å². The quantitative estimate of drug-likeness (QED) is 0.0262. The van der Waals surface area contributed by atoms with Crippen LogP contribution in [0.15, 0.2) is 109 Å². The van der Waals surface area contributed by atoms with Gasteiger partial charge in [0.05, 0.1) is 0 Å². The molecule has 1 atom stereocenters. The highest BCUT2D eigenvalue weighted by molar-refractivity contribution is 5.71. The second-order valence-corrected chi connectivity index (χ2v) is 17.8. The molecule has 0 aliphatic heterocycles. The lowest BCUT2D eigenvalue weighted by Gasteiger charge is -2.18. The molecule has 0 saturated heterocycles. The van der Waals surface area contributed by atoms with E-state index in [4.69, 9.17) is 14.2 Å². The number of rotatable bonds is 48. The van der Waals surface area contributed by atoms with Crippen molar-refractivity contribution in [2.24, 2.45) is 0 Å². The molecule has 0 saturated carbocycles. The van der Waals surface area contributed by atoms with Crippen molar-refractivity contribution < 1.29 is 28.6 Å². The van der Waals surface area contributed by atoms with Crippen LogP contribution < -0.4 is 0 Å². The van der Waals surface area contributed by atoms with Crippen LogP contribution in [0, 0.1) is 0 Å². The van der Waals surface area contributed by atoms with Gasteiger partial charge in [0.15, 0.2) is 6.10 Å². The van der Waals surface area contributed by atoms with E-state index in [1.165, 1.54) is 77.0 Å². The van der Waals surface area contributed by atoms with E-state index in [0.717, 1.165) is 122 Å². The molecule has 0 amide bonds. The molecule has 0 fully saturated rings. The molecule has 6 heteroatoms. The molecule has 0 N–H and O–H groups in total. The number of carbonyl (C=O) groups excluding carboxylic acids is 3. The molecule has 0 rings (SSSR count). The molecule has 380 valence electrons. The lowest BCUT2D eigenvalue weighted by Crippen LogP contribution is -2.30. The molecule has 0 unspecified atom stereocenters. The smallest absolute Gasteiger partial charge is 0.306 e. The van der Waals surface area contributed by atoms with Crippen LogP contribution >= 0.6 is 0 Å². The molecule has 6 nitrogen and oxygen atoms in total. The molecule has 0 radical (unpaired) electrons. The van der Waals surface area contributed by atoms with Gasteiger partial charge < -0.3 is 14.2 Å². The van der Waals surface area contributed by atoms with Crippen molar-refractivity contribution in [3.05, 3.63) is 109 Å². The van der Waals surface area contributed by atoms with Crippen LogP contribution in [0.3, 0.4) is 0 Å². The summed E-state index contributed by atoms with van der Waals surface area (Å²) in [6.45, 7) is 6.47.